The highest BCUT2D eigenvalue weighted by Crippen LogP contribution is 2.39. The maximum Gasteiger partial charge on any atom is 0.0693 e. The van der Waals surface area contributed by atoms with Gasteiger partial charge in [-0.05, 0) is 12.8 Å². The quantitative estimate of drug-likeness (QED) is 0.527. The van der Waals surface area contributed by atoms with Crippen molar-refractivity contribution >= 4 is 81.2 Å². The van der Waals surface area contributed by atoms with E-state index in [2.05, 4.69) is 0 Å². The fourth-order valence-electron chi connectivity index (χ4n) is 1.12. The number of halogens is 7. The molecule has 0 N–H and O–H groups in total. The van der Waals surface area contributed by atoms with Crippen LogP contribution in [0.15, 0.2) is 0 Å². The van der Waals surface area contributed by atoms with Crippen molar-refractivity contribution in [2.24, 2.45) is 0 Å². The molecule has 0 heterocycles. The van der Waals surface area contributed by atoms with E-state index in [1.807, 2.05) is 0 Å². The van der Waals surface area contributed by atoms with E-state index in [0.29, 0.717) is 5.38 Å². The minimum Gasteiger partial charge on any atom is -0.123 e. The molecule has 0 spiro atoms. The molecule has 0 aromatic heterocycles. The first-order valence-electron chi connectivity index (χ1n) is 4.84. The van der Waals surface area contributed by atoms with Crippen molar-refractivity contribution in [3.63, 3.8) is 0 Å². The lowest BCUT2D eigenvalue weighted by molar-refractivity contribution is 0.544. The molecule has 0 amide bonds. The summed E-state index contributed by atoms with van der Waals surface area (Å²) in [6, 6.07) is 0. The third-order valence-electron chi connectivity index (χ3n) is 2.33. The number of hydrogen-bond donors (Lipinski definition) is 0. The molecule has 0 radical (unpaired) electrons. The zero-order valence-electron chi connectivity index (χ0n) is 8.10. The van der Waals surface area contributed by atoms with Crippen molar-refractivity contribution in [2.45, 2.75) is 50.5 Å². The van der Waals surface area contributed by atoms with Gasteiger partial charge < -0.3 is 0 Å². The molecular formula is C9H11Cl7. The van der Waals surface area contributed by atoms with Gasteiger partial charge in [0.1, 0.15) is 0 Å². The number of alkyl halides is 7. The van der Waals surface area contributed by atoms with Crippen molar-refractivity contribution in [1.29, 1.82) is 0 Å². The first kappa shape index (κ1) is 16.1. The van der Waals surface area contributed by atoms with Crippen molar-refractivity contribution in [1.82, 2.24) is 0 Å². The number of hydrogen-bond acceptors (Lipinski definition) is 0. The van der Waals surface area contributed by atoms with Gasteiger partial charge in [0, 0.05) is 5.38 Å². The van der Waals surface area contributed by atoms with Gasteiger partial charge in [0.05, 0.1) is 32.3 Å². The van der Waals surface area contributed by atoms with E-state index >= 15 is 0 Å². The van der Waals surface area contributed by atoms with Crippen LogP contribution < -0.4 is 0 Å². The van der Waals surface area contributed by atoms with E-state index in [1.54, 1.807) is 0 Å². The molecule has 0 saturated heterocycles. The Hall–Kier alpha value is 2.03. The van der Waals surface area contributed by atoms with E-state index in [1.165, 1.54) is 12.8 Å². The van der Waals surface area contributed by atoms with Crippen LogP contribution in [-0.2, 0) is 0 Å². The van der Waals surface area contributed by atoms with Crippen molar-refractivity contribution in [3.05, 3.63) is 0 Å². The van der Waals surface area contributed by atoms with E-state index in [-0.39, 0.29) is 0 Å². The minimum atomic E-state index is -0.437. The Morgan fingerprint density at radius 2 is 0.562 bits per heavy atom. The average Bonchev–Trinajstić information content (AvgIpc) is 3.04. The molecule has 96 valence electrons. The molecule has 2 rings (SSSR count). The highest BCUT2D eigenvalue weighted by atomic mass is 35.5. The molecule has 16 heavy (non-hydrogen) atoms. The second-order valence-electron chi connectivity index (χ2n) is 3.84. The van der Waals surface area contributed by atoms with E-state index < -0.39 is 32.3 Å². The molecule has 2 fully saturated rings. The molecule has 2 saturated carbocycles. The lowest BCUT2D eigenvalue weighted by Crippen LogP contribution is -2.52. The molecule has 2 aliphatic carbocycles. The molecule has 0 atom stereocenters. The van der Waals surface area contributed by atoms with Gasteiger partial charge in [-0.3, -0.25) is 0 Å². The Labute approximate surface area is 131 Å². The van der Waals surface area contributed by atoms with Gasteiger partial charge in [-0.15, -0.1) is 81.2 Å². The Morgan fingerprint density at radius 1 is 0.438 bits per heavy atom. The van der Waals surface area contributed by atoms with Crippen LogP contribution in [0.5, 0.6) is 0 Å². The summed E-state index contributed by atoms with van der Waals surface area (Å²) in [6.45, 7) is 0. The molecule has 0 bridgehead atoms. The van der Waals surface area contributed by atoms with Gasteiger partial charge in [0.2, 0.25) is 0 Å². The zero-order valence-corrected chi connectivity index (χ0v) is 13.4. The van der Waals surface area contributed by atoms with E-state index in [9.17, 15) is 0 Å². The molecule has 2 aliphatic rings. The monoisotopic (exact) mass is 364 g/mol. The van der Waals surface area contributed by atoms with Crippen LogP contribution in [0.3, 0.4) is 0 Å². The molecule has 0 nitrogen and oxygen atoms in total. The summed E-state index contributed by atoms with van der Waals surface area (Å²) in [4.78, 5) is 0. The Balaban J connectivity index is 0.000000267. The second kappa shape index (κ2) is 6.98. The zero-order chi connectivity index (χ0) is 12.5. The van der Waals surface area contributed by atoms with Crippen LogP contribution in [0.25, 0.3) is 0 Å². The Kier molecular flexibility index (Phi) is 7.02. The average molecular weight is 367 g/mol. The smallest absolute Gasteiger partial charge is 0.0693 e. The van der Waals surface area contributed by atoms with Crippen LogP contribution in [0.4, 0.5) is 0 Å². The molecule has 7 heteroatoms. The van der Waals surface area contributed by atoms with Crippen LogP contribution >= 0.6 is 81.2 Å². The van der Waals surface area contributed by atoms with Crippen LogP contribution in [0.1, 0.15) is 12.8 Å². The summed E-state index contributed by atoms with van der Waals surface area (Å²) >= 11 is 40.7. The predicted molar refractivity (Wildman–Crippen MR) is 76.7 cm³/mol. The van der Waals surface area contributed by atoms with Crippen LogP contribution in [-0.4, -0.2) is 37.6 Å². The van der Waals surface area contributed by atoms with Crippen molar-refractivity contribution < 1.29 is 0 Å². The maximum atomic E-state index is 5.88. The van der Waals surface area contributed by atoms with E-state index in [0.717, 1.165) is 0 Å². The molecule has 0 aromatic rings. The van der Waals surface area contributed by atoms with Crippen molar-refractivity contribution in [2.75, 3.05) is 0 Å². The topological polar surface area (TPSA) is 0 Å². The van der Waals surface area contributed by atoms with Crippen LogP contribution in [0.2, 0.25) is 0 Å². The highest BCUT2D eigenvalue weighted by molar-refractivity contribution is 6.45. The van der Waals surface area contributed by atoms with Gasteiger partial charge in [-0.1, -0.05) is 0 Å². The van der Waals surface area contributed by atoms with Gasteiger partial charge in [-0.25, -0.2) is 0 Å². The summed E-state index contributed by atoms with van der Waals surface area (Å²) < 4.78 is 0. The Bertz CT molecular complexity index is 161. The van der Waals surface area contributed by atoms with Gasteiger partial charge >= 0.3 is 0 Å². The molecule has 0 aliphatic heterocycles. The van der Waals surface area contributed by atoms with Gasteiger partial charge in [0.15, 0.2) is 0 Å². The molecule has 0 aromatic carbocycles. The molecular weight excluding hydrogens is 356 g/mol. The lowest BCUT2D eigenvalue weighted by atomic mass is 9.97. The number of rotatable bonds is 0. The normalized spacial score (nSPS) is 48.2. The summed E-state index contributed by atoms with van der Waals surface area (Å²) in [6.07, 6.45) is 2.50. The second-order valence-corrected chi connectivity index (χ2v) is 7.48. The first-order valence-corrected chi connectivity index (χ1v) is 7.90. The summed E-state index contributed by atoms with van der Waals surface area (Å²) in [5.41, 5.74) is 0. The third kappa shape index (κ3) is 4.30. The summed E-state index contributed by atoms with van der Waals surface area (Å²) in [7, 11) is 0. The summed E-state index contributed by atoms with van der Waals surface area (Å²) in [5.74, 6) is 0. The fourth-order valence-corrected chi connectivity index (χ4v) is 3.57. The fraction of sp³-hybridized carbons (Fsp3) is 1.00. The Morgan fingerprint density at radius 3 is 0.625 bits per heavy atom. The third-order valence-corrected chi connectivity index (χ3v) is 6.80. The lowest BCUT2D eigenvalue weighted by Gasteiger charge is -2.37. The predicted octanol–water partition coefficient (Wildman–Crippen LogP) is 5.03. The first-order chi connectivity index (χ1) is 7.36. The van der Waals surface area contributed by atoms with Crippen molar-refractivity contribution in [3.8, 4) is 0 Å². The van der Waals surface area contributed by atoms with Crippen LogP contribution in [0, 0.1) is 0 Å². The SMILES string of the molecule is ClC1C(Cl)C(Cl)C(Cl)C(Cl)C1Cl.ClC1CC1. The maximum absolute atomic E-state index is 5.88. The largest absolute Gasteiger partial charge is 0.123 e. The van der Waals surface area contributed by atoms with Gasteiger partial charge in [-0.2, -0.15) is 0 Å². The highest BCUT2D eigenvalue weighted by Gasteiger charge is 2.46. The van der Waals surface area contributed by atoms with Gasteiger partial charge in [0.25, 0.3) is 0 Å². The molecule has 0 unspecified atom stereocenters. The minimum absolute atomic E-state index is 0.437. The summed E-state index contributed by atoms with van der Waals surface area (Å²) in [5, 5.41) is -2.06. The standard InChI is InChI=1S/C6H6Cl6.C3H5Cl/c7-1-2(8)4(10)6(12)5(11)3(1)9;4-3-1-2-3/h1-6H;3H,1-2H2. The van der Waals surface area contributed by atoms with E-state index in [4.69, 9.17) is 81.2 Å².